The Kier molecular flexibility index (Phi) is 5.66. The van der Waals surface area contributed by atoms with Crippen LogP contribution in [-0.4, -0.2) is 37.3 Å². The van der Waals surface area contributed by atoms with Crippen molar-refractivity contribution in [2.24, 2.45) is 10.8 Å². The van der Waals surface area contributed by atoms with Gasteiger partial charge in [0, 0.05) is 6.07 Å². The number of nitrogens with zero attached hydrogens (tertiary/aromatic N) is 4. The van der Waals surface area contributed by atoms with Crippen LogP contribution in [0.5, 0.6) is 5.88 Å². The Bertz CT molecular complexity index is 963. The summed E-state index contributed by atoms with van der Waals surface area (Å²) >= 11 is 0. The van der Waals surface area contributed by atoms with Gasteiger partial charge in [0.25, 0.3) is 10.0 Å². The van der Waals surface area contributed by atoms with Crippen molar-refractivity contribution < 1.29 is 13.2 Å². The van der Waals surface area contributed by atoms with Crippen LogP contribution < -0.4 is 20.6 Å². The van der Waals surface area contributed by atoms with E-state index in [2.05, 4.69) is 25.4 Å². The summed E-state index contributed by atoms with van der Waals surface area (Å²) in [4.78, 5) is -0.0169. The zero-order chi connectivity index (χ0) is 19.2. The van der Waals surface area contributed by atoms with Crippen molar-refractivity contribution in [2.75, 3.05) is 17.3 Å². The molecule has 1 aromatic heterocycles. The SMILES string of the molecule is COc1ccc(NS(=O)(=O)c2ccc(N/N=C(\C#N)C(=N)N)cc2)nn1. The minimum atomic E-state index is -3.86. The third-order valence-electron chi connectivity index (χ3n) is 2.91. The zero-order valence-electron chi connectivity index (χ0n) is 13.5. The first-order valence-electron chi connectivity index (χ1n) is 6.94. The van der Waals surface area contributed by atoms with Crippen molar-refractivity contribution in [1.29, 1.82) is 10.7 Å². The van der Waals surface area contributed by atoms with E-state index in [-0.39, 0.29) is 22.3 Å². The number of hydrogen-bond acceptors (Lipinski definition) is 9. The average molecular weight is 374 g/mol. The highest BCUT2D eigenvalue weighted by Gasteiger charge is 2.15. The maximum atomic E-state index is 12.3. The molecule has 1 heterocycles. The van der Waals surface area contributed by atoms with Gasteiger partial charge in [-0.05, 0) is 30.3 Å². The maximum Gasteiger partial charge on any atom is 0.263 e. The summed E-state index contributed by atoms with van der Waals surface area (Å²) in [6.07, 6.45) is 0. The van der Waals surface area contributed by atoms with E-state index in [4.69, 9.17) is 21.1 Å². The Hall–Kier alpha value is -3.72. The number of anilines is 2. The molecule has 2 aromatic rings. The molecule has 0 atom stereocenters. The maximum absolute atomic E-state index is 12.3. The van der Waals surface area contributed by atoms with Crippen LogP contribution >= 0.6 is 0 Å². The van der Waals surface area contributed by atoms with E-state index in [9.17, 15) is 8.42 Å². The van der Waals surface area contributed by atoms with Crippen molar-refractivity contribution in [3.63, 3.8) is 0 Å². The molecule has 12 heteroatoms. The van der Waals surface area contributed by atoms with Crippen LogP contribution in [0.15, 0.2) is 46.4 Å². The molecular formula is C14H14N8O3S. The Balaban J connectivity index is 2.13. The molecule has 0 bridgehead atoms. The van der Waals surface area contributed by atoms with Gasteiger partial charge in [0.1, 0.15) is 6.07 Å². The molecule has 0 unspecified atom stereocenters. The van der Waals surface area contributed by atoms with Gasteiger partial charge in [0.2, 0.25) is 11.6 Å². The molecule has 0 amide bonds. The topological polar surface area (TPSA) is 179 Å². The summed E-state index contributed by atoms with van der Waals surface area (Å²) in [5, 5.41) is 26.9. The lowest BCUT2D eigenvalue weighted by atomic mass is 10.3. The van der Waals surface area contributed by atoms with Gasteiger partial charge in [-0.1, -0.05) is 0 Å². The number of ether oxygens (including phenoxy) is 1. The van der Waals surface area contributed by atoms with Gasteiger partial charge in [-0.2, -0.15) is 10.4 Å². The highest BCUT2D eigenvalue weighted by molar-refractivity contribution is 7.92. The number of nitrogens with one attached hydrogen (secondary N) is 3. The van der Waals surface area contributed by atoms with Crippen molar-refractivity contribution >= 4 is 33.1 Å². The second-order valence-corrected chi connectivity index (χ2v) is 6.37. The molecule has 11 nitrogen and oxygen atoms in total. The van der Waals surface area contributed by atoms with Crippen LogP contribution in [0.4, 0.5) is 11.5 Å². The number of nitrogens with two attached hydrogens (primary N) is 1. The number of amidine groups is 1. The lowest BCUT2D eigenvalue weighted by molar-refractivity contribution is 0.392. The number of hydrazone groups is 1. The van der Waals surface area contributed by atoms with Crippen LogP contribution in [0.25, 0.3) is 0 Å². The summed E-state index contributed by atoms with van der Waals surface area (Å²) in [6, 6.07) is 10.1. The molecule has 134 valence electrons. The summed E-state index contributed by atoms with van der Waals surface area (Å²) in [5.74, 6) is -0.187. The smallest absolute Gasteiger partial charge is 0.263 e. The highest BCUT2D eigenvalue weighted by Crippen LogP contribution is 2.17. The Labute approximate surface area is 149 Å². The first-order chi connectivity index (χ1) is 12.4. The van der Waals surface area contributed by atoms with Crippen molar-refractivity contribution in [1.82, 2.24) is 10.2 Å². The predicted octanol–water partition coefficient (Wildman–Crippen LogP) is 0.513. The van der Waals surface area contributed by atoms with Gasteiger partial charge in [0.05, 0.1) is 17.7 Å². The largest absolute Gasteiger partial charge is 0.480 e. The number of benzene rings is 1. The molecule has 0 saturated heterocycles. The van der Waals surface area contributed by atoms with E-state index in [0.29, 0.717) is 5.69 Å². The Morgan fingerprint density at radius 3 is 2.46 bits per heavy atom. The van der Waals surface area contributed by atoms with E-state index in [0.717, 1.165) is 0 Å². The number of sulfonamides is 1. The van der Waals surface area contributed by atoms with Gasteiger partial charge in [-0.25, -0.2) is 8.42 Å². The summed E-state index contributed by atoms with van der Waals surface area (Å²) in [5.41, 5.74) is 7.79. The lowest BCUT2D eigenvalue weighted by Gasteiger charge is -2.08. The van der Waals surface area contributed by atoms with Crippen LogP contribution in [0.1, 0.15) is 0 Å². The number of hydrogen-bond donors (Lipinski definition) is 4. The Morgan fingerprint density at radius 1 is 1.27 bits per heavy atom. The van der Waals surface area contributed by atoms with E-state index in [1.165, 1.54) is 43.5 Å². The fraction of sp³-hybridized carbons (Fsp3) is 0.0714. The fourth-order valence-corrected chi connectivity index (χ4v) is 2.65. The standard InChI is InChI=1S/C14H14N8O3S/c1-25-13-7-6-12(20-21-13)22-26(23,24)10-4-2-9(3-5-10)18-19-11(8-15)14(16)17/h2-7,18H,1H3,(H3,16,17)(H,20,22)/b19-11+. The minimum Gasteiger partial charge on any atom is -0.480 e. The van der Waals surface area contributed by atoms with Gasteiger partial charge < -0.3 is 10.5 Å². The van der Waals surface area contributed by atoms with Crippen molar-refractivity contribution in [3.8, 4) is 11.9 Å². The van der Waals surface area contributed by atoms with Crippen molar-refractivity contribution in [2.45, 2.75) is 4.90 Å². The average Bonchev–Trinajstić information content (AvgIpc) is 2.62. The molecule has 2 rings (SSSR count). The monoisotopic (exact) mass is 374 g/mol. The fourth-order valence-electron chi connectivity index (χ4n) is 1.65. The second kappa shape index (κ2) is 7.90. The van der Waals surface area contributed by atoms with E-state index >= 15 is 0 Å². The number of methoxy groups -OCH3 is 1. The number of aromatic nitrogens is 2. The second-order valence-electron chi connectivity index (χ2n) is 4.69. The summed E-state index contributed by atoms with van der Waals surface area (Å²) < 4.78 is 31.8. The number of rotatable bonds is 7. The molecular weight excluding hydrogens is 360 g/mol. The minimum absolute atomic E-state index is 0.0169. The normalized spacial score (nSPS) is 11.3. The van der Waals surface area contributed by atoms with Crippen LogP contribution in [0.3, 0.4) is 0 Å². The van der Waals surface area contributed by atoms with Crippen LogP contribution in [0, 0.1) is 16.7 Å². The molecule has 0 aliphatic rings. The molecule has 0 radical (unpaired) electrons. The molecule has 5 N–H and O–H groups in total. The predicted molar refractivity (Wildman–Crippen MR) is 94.4 cm³/mol. The molecule has 26 heavy (non-hydrogen) atoms. The molecule has 1 aromatic carbocycles. The summed E-state index contributed by atoms with van der Waals surface area (Å²) in [7, 11) is -2.44. The lowest BCUT2D eigenvalue weighted by Crippen LogP contribution is -2.21. The van der Waals surface area contributed by atoms with E-state index in [1.54, 1.807) is 6.07 Å². The third-order valence-corrected chi connectivity index (χ3v) is 4.28. The number of nitriles is 1. The van der Waals surface area contributed by atoms with Gasteiger partial charge in [-0.3, -0.25) is 15.6 Å². The summed E-state index contributed by atoms with van der Waals surface area (Å²) in [6.45, 7) is 0. The molecule has 0 saturated carbocycles. The van der Waals surface area contributed by atoms with Crippen molar-refractivity contribution in [3.05, 3.63) is 36.4 Å². The molecule has 0 spiro atoms. The first kappa shape index (κ1) is 18.6. The van der Waals surface area contributed by atoms with Gasteiger partial charge >= 0.3 is 0 Å². The molecule has 0 aliphatic carbocycles. The molecule has 0 aliphatic heterocycles. The van der Waals surface area contributed by atoms with E-state index in [1.807, 2.05) is 0 Å². The van der Waals surface area contributed by atoms with E-state index < -0.39 is 15.9 Å². The first-order valence-corrected chi connectivity index (χ1v) is 8.43. The third kappa shape index (κ3) is 4.65. The Morgan fingerprint density at radius 2 is 1.96 bits per heavy atom. The molecule has 0 fully saturated rings. The van der Waals surface area contributed by atoms with Gasteiger partial charge in [0.15, 0.2) is 11.7 Å². The zero-order valence-corrected chi connectivity index (χ0v) is 14.3. The quantitative estimate of drug-likeness (QED) is 0.307. The highest BCUT2D eigenvalue weighted by atomic mass is 32.2. The van der Waals surface area contributed by atoms with Gasteiger partial charge in [-0.15, -0.1) is 10.2 Å². The van der Waals surface area contributed by atoms with Crippen LogP contribution in [-0.2, 0) is 10.0 Å². The van der Waals surface area contributed by atoms with Crippen LogP contribution in [0.2, 0.25) is 0 Å².